The van der Waals surface area contributed by atoms with E-state index in [0.717, 1.165) is 12.1 Å². The zero-order valence-electron chi connectivity index (χ0n) is 12.1. The van der Waals surface area contributed by atoms with E-state index < -0.39 is 22.4 Å². The third-order valence-corrected chi connectivity index (χ3v) is 3.63. The molecule has 0 amide bonds. The standard InChI is InChI=1S/C13H16F3N3O3.ClH/c14-13(15,16)11-9-10(19(21)22)1-2-12(11)18-5-3-17(4-6-18)7-8-20;/h1-2,9,20H,3-8H2;1H. The van der Waals surface area contributed by atoms with E-state index in [-0.39, 0.29) is 24.7 Å². The molecule has 2 rings (SSSR count). The Hall–Kier alpha value is -1.58. The van der Waals surface area contributed by atoms with Crippen molar-refractivity contribution in [1.29, 1.82) is 0 Å². The number of hydrogen-bond donors (Lipinski definition) is 1. The van der Waals surface area contributed by atoms with Crippen LogP contribution in [0.5, 0.6) is 0 Å². The monoisotopic (exact) mass is 355 g/mol. The number of alkyl halides is 3. The Balaban J connectivity index is 0.00000264. The van der Waals surface area contributed by atoms with E-state index in [9.17, 15) is 23.3 Å². The summed E-state index contributed by atoms with van der Waals surface area (Å²) in [5.41, 5.74) is -1.60. The third kappa shape index (κ3) is 4.69. The van der Waals surface area contributed by atoms with Crippen LogP contribution >= 0.6 is 12.4 Å². The second-order valence-corrected chi connectivity index (χ2v) is 5.01. The van der Waals surface area contributed by atoms with Crippen molar-refractivity contribution in [3.05, 3.63) is 33.9 Å². The van der Waals surface area contributed by atoms with Crippen molar-refractivity contribution in [3.8, 4) is 0 Å². The fourth-order valence-electron chi connectivity index (χ4n) is 2.49. The number of nitrogens with zero attached hydrogens (tertiary/aromatic N) is 3. The Morgan fingerprint density at radius 2 is 1.83 bits per heavy atom. The predicted octanol–water partition coefficient (Wildman–Crippen LogP) is 2.15. The first-order valence-corrected chi connectivity index (χ1v) is 6.76. The van der Waals surface area contributed by atoms with Crippen molar-refractivity contribution in [1.82, 2.24) is 4.90 Å². The number of aliphatic hydroxyl groups is 1. The van der Waals surface area contributed by atoms with E-state index in [2.05, 4.69) is 0 Å². The van der Waals surface area contributed by atoms with Gasteiger partial charge in [0.1, 0.15) is 0 Å². The fourth-order valence-corrected chi connectivity index (χ4v) is 2.49. The molecule has 1 heterocycles. The number of anilines is 1. The van der Waals surface area contributed by atoms with E-state index in [1.54, 1.807) is 4.90 Å². The first-order valence-electron chi connectivity index (χ1n) is 6.76. The molecule has 0 bridgehead atoms. The molecule has 1 aliphatic rings. The average Bonchev–Trinajstić information content (AvgIpc) is 2.47. The highest BCUT2D eigenvalue weighted by atomic mass is 35.5. The number of halogens is 4. The summed E-state index contributed by atoms with van der Waals surface area (Å²) in [5.74, 6) is 0. The number of benzene rings is 1. The maximum Gasteiger partial charge on any atom is 0.418 e. The number of hydrogen-bond acceptors (Lipinski definition) is 5. The molecular formula is C13H17ClF3N3O3. The van der Waals surface area contributed by atoms with E-state index >= 15 is 0 Å². The van der Waals surface area contributed by atoms with Gasteiger partial charge in [-0.2, -0.15) is 13.2 Å². The minimum absolute atomic E-state index is 0. The largest absolute Gasteiger partial charge is 0.418 e. The highest BCUT2D eigenvalue weighted by Crippen LogP contribution is 2.39. The van der Waals surface area contributed by atoms with Gasteiger partial charge in [-0.1, -0.05) is 0 Å². The Bertz CT molecular complexity index is 549. The van der Waals surface area contributed by atoms with Crippen molar-refractivity contribution in [2.24, 2.45) is 0 Å². The molecule has 10 heteroatoms. The number of nitro groups is 1. The van der Waals surface area contributed by atoms with Gasteiger partial charge >= 0.3 is 6.18 Å². The minimum atomic E-state index is -4.65. The second kappa shape index (κ2) is 7.80. The van der Waals surface area contributed by atoms with Crippen LogP contribution in [0, 0.1) is 10.1 Å². The molecule has 1 aromatic carbocycles. The Kier molecular flexibility index (Phi) is 6.60. The number of β-amino-alcohol motifs (C(OH)–C–C–N with tert-alkyl or cyclic N) is 1. The van der Waals surface area contributed by atoms with Crippen LogP contribution in [0.1, 0.15) is 5.56 Å². The molecule has 0 spiro atoms. The summed E-state index contributed by atoms with van der Waals surface area (Å²) < 4.78 is 39.5. The first kappa shape index (κ1) is 19.5. The van der Waals surface area contributed by atoms with Gasteiger partial charge < -0.3 is 10.0 Å². The lowest BCUT2D eigenvalue weighted by molar-refractivity contribution is -0.385. The maximum atomic E-state index is 13.2. The van der Waals surface area contributed by atoms with E-state index in [1.165, 1.54) is 0 Å². The molecule has 1 saturated heterocycles. The quantitative estimate of drug-likeness (QED) is 0.662. The summed E-state index contributed by atoms with van der Waals surface area (Å²) in [6, 6.07) is 2.82. The van der Waals surface area contributed by atoms with Gasteiger partial charge in [-0.3, -0.25) is 15.0 Å². The Morgan fingerprint density at radius 3 is 2.30 bits per heavy atom. The summed E-state index contributed by atoms with van der Waals surface area (Å²) in [5, 5.41) is 19.5. The maximum absolute atomic E-state index is 13.2. The molecule has 0 radical (unpaired) electrons. The molecular weight excluding hydrogens is 339 g/mol. The van der Waals surface area contributed by atoms with Crippen LogP contribution < -0.4 is 4.90 Å². The van der Waals surface area contributed by atoms with Gasteiger partial charge in [-0.25, -0.2) is 0 Å². The van der Waals surface area contributed by atoms with E-state index in [1.807, 2.05) is 4.90 Å². The highest BCUT2D eigenvalue weighted by molar-refractivity contribution is 5.85. The van der Waals surface area contributed by atoms with E-state index in [0.29, 0.717) is 38.8 Å². The highest BCUT2D eigenvalue weighted by Gasteiger charge is 2.37. The second-order valence-electron chi connectivity index (χ2n) is 5.01. The smallest absolute Gasteiger partial charge is 0.395 e. The summed E-state index contributed by atoms with van der Waals surface area (Å²) in [6.45, 7) is 2.32. The fraction of sp³-hybridized carbons (Fsp3) is 0.538. The molecule has 1 aliphatic heterocycles. The van der Waals surface area contributed by atoms with Gasteiger partial charge in [0.15, 0.2) is 0 Å². The van der Waals surface area contributed by atoms with Crippen molar-refractivity contribution >= 4 is 23.8 Å². The Labute approximate surface area is 137 Å². The number of piperazine rings is 1. The van der Waals surface area contributed by atoms with E-state index in [4.69, 9.17) is 5.11 Å². The molecule has 0 aromatic heterocycles. The molecule has 23 heavy (non-hydrogen) atoms. The zero-order valence-corrected chi connectivity index (χ0v) is 12.9. The Morgan fingerprint density at radius 1 is 1.22 bits per heavy atom. The van der Waals surface area contributed by atoms with Crippen LogP contribution in [-0.4, -0.2) is 54.3 Å². The van der Waals surface area contributed by atoms with Crippen molar-refractivity contribution in [2.45, 2.75) is 6.18 Å². The molecule has 0 saturated carbocycles. The summed E-state index contributed by atoms with van der Waals surface area (Å²) in [4.78, 5) is 13.4. The van der Waals surface area contributed by atoms with Gasteiger partial charge in [-0.15, -0.1) is 12.4 Å². The number of rotatable bonds is 4. The van der Waals surface area contributed by atoms with Crippen molar-refractivity contribution in [3.63, 3.8) is 0 Å². The SMILES string of the molecule is Cl.O=[N+]([O-])c1ccc(N2CCN(CCO)CC2)c(C(F)(F)F)c1. The van der Waals surface area contributed by atoms with Gasteiger partial charge in [0.05, 0.1) is 17.1 Å². The zero-order chi connectivity index (χ0) is 16.3. The van der Waals surface area contributed by atoms with Gasteiger partial charge in [-0.05, 0) is 6.07 Å². The van der Waals surface area contributed by atoms with Crippen LogP contribution in [0.15, 0.2) is 18.2 Å². The number of nitro benzene ring substituents is 1. The van der Waals surface area contributed by atoms with Gasteiger partial charge in [0, 0.05) is 50.5 Å². The summed E-state index contributed by atoms with van der Waals surface area (Å²) >= 11 is 0. The molecule has 6 nitrogen and oxygen atoms in total. The molecule has 1 N–H and O–H groups in total. The molecule has 0 atom stereocenters. The molecule has 0 unspecified atom stereocenters. The van der Waals surface area contributed by atoms with Crippen molar-refractivity contribution in [2.75, 3.05) is 44.2 Å². The van der Waals surface area contributed by atoms with Crippen LogP contribution in [0.4, 0.5) is 24.5 Å². The van der Waals surface area contributed by atoms with Gasteiger partial charge in [0.2, 0.25) is 0 Å². The number of non-ortho nitro benzene ring substituents is 1. The molecule has 0 aliphatic carbocycles. The molecule has 1 fully saturated rings. The lowest BCUT2D eigenvalue weighted by Crippen LogP contribution is -2.47. The number of aliphatic hydroxyl groups excluding tert-OH is 1. The van der Waals surface area contributed by atoms with Gasteiger partial charge in [0.25, 0.3) is 5.69 Å². The average molecular weight is 356 g/mol. The minimum Gasteiger partial charge on any atom is -0.395 e. The molecule has 1 aromatic rings. The normalized spacial score (nSPS) is 16.1. The third-order valence-electron chi connectivity index (χ3n) is 3.63. The lowest BCUT2D eigenvalue weighted by Gasteiger charge is -2.36. The first-order chi connectivity index (χ1) is 10.3. The predicted molar refractivity (Wildman–Crippen MR) is 81.1 cm³/mol. The van der Waals surface area contributed by atoms with Crippen LogP contribution in [-0.2, 0) is 6.18 Å². The van der Waals surface area contributed by atoms with Crippen LogP contribution in [0.2, 0.25) is 0 Å². The van der Waals surface area contributed by atoms with Crippen LogP contribution in [0.25, 0.3) is 0 Å². The molecule has 130 valence electrons. The van der Waals surface area contributed by atoms with Crippen molar-refractivity contribution < 1.29 is 23.2 Å². The summed E-state index contributed by atoms with van der Waals surface area (Å²) in [7, 11) is 0. The lowest BCUT2D eigenvalue weighted by atomic mass is 10.1. The summed E-state index contributed by atoms with van der Waals surface area (Å²) in [6.07, 6.45) is -4.65. The van der Waals surface area contributed by atoms with Crippen LogP contribution in [0.3, 0.4) is 0 Å². The topological polar surface area (TPSA) is 69.9 Å².